The number of nitrogens with zero attached hydrogens (tertiary/aromatic N) is 1. The third-order valence-electron chi connectivity index (χ3n) is 2.31. The fourth-order valence-electron chi connectivity index (χ4n) is 1.50. The van der Waals surface area contributed by atoms with E-state index in [-0.39, 0.29) is 10.9 Å². The van der Waals surface area contributed by atoms with Crippen LogP contribution >= 0.6 is 22.6 Å². The number of hydrogen-bond donors (Lipinski definition) is 2. The van der Waals surface area contributed by atoms with Crippen molar-refractivity contribution in [3.8, 4) is 0 Å². The highest BCUT2D eigenvalue weighted by Crippen LogP contribution is 2.30. The number of halogens is 1. The lowest BCUT2D eigenvalue weighted by atomic mass is 10.3. The molecule has 0 radical (unpaired) electrons. The Morgan fingerprint density at radius 3 is 3.00 bits per heavy atom. The van der Waals surface area contributed by atoms with Crippen LogP contribution in [0.1, 0.15) is 0 Å². The molecule has 2 N–H and O–H groups in total. The van der Waals surface area contributed by atoms with Crippen molar-refractivity contribution in [2.75, 3.05) is 25.6 Å². The molecule has 0 fully saturated rings. The maximum absolute atomic E-state index is 12.0. The molecular weight excluding hydrogens is 369 g/mol. The molecule has 1 aliphatic heterocycles. The second-order valence-electron chi connectivity index (χ2n) is 3.57. The van der Waals surface area contributed by atoms with Gasteiger partial charge in [0.2, 0.25) is 5.96 Å². The fraction of sp³-hybridized carbons (Fsp3) is 0.300. The maximum Gasteiger partial charge on any atom is 0.287 e. The summed E-state index contributed by atoms with van der Waals surface area (Å²) in [5.41, 5.74) is 0.563. The molecule has 0 saturated heterocycles. The molecule has 2 rings (SSSR count). The summed E-state index contributed by atoms with van der Waals surface area (Å²) in [6.07, 6.45) is 0. The van der Waals surface area contributed by atoms with E-state index < -0.39 is 10.0 Å². The molecule has 18 heavy (non-hydrogen) atoms. The molecule has 0 spiro atoms. The number of methoxy groups -OCH3 is 1. The summed E-state index contributed by atoms with van der Waals surface area (Å²) in [7, 11) is -2.06. The van der Waals surface area contributed by atoms with Crippen LogP contribution in [0.5, 0.6) is 0 Å². The van der Waals surface area contributed by atoms with E-state index in [1.165, 1.54) is 6.07 Å². The lowest BCUT2D eigenvalue weighted by molar-refractivity contribution is 0.204. The molecule has 0 atom stereocenters. The third-order valence-corrected chi connectivity index (χ3v) is 4.52. The highest BCUT2D eigenvalue weighted by molar-refractivity contribution is 14.1. The number of guanidine groups is 1. The number of hydrogen-bond acceptors (Lipinski definition) is 5. The summed E-state index contributed by atoms with van der Waals surface area (Å²) >= 11 is 2.08. The molecule has 0 saturated carbocycles. The Bertz CT molecular complexity index is 586. The van der Waals surface area contributed by atoms with Gasteiger partial charge in [0.1, 0.15) is 4.90 Å². The van der Waals surface area contributed by atoms with E-state index in [2.05, 4.69) is 37.6 Å². The summed E-state index contributed by atoms with van der Waals surface area (Å²) in [6.45, 7) is 0.954. The van der Waals surface area contributed by atoms with Crippen molar-refractivity contribution in [3.63, 3.8) is 0 Å². The standard InChI is InChI=1S/C10H12IN3O3S/c1-17-6-5-12-10-13-9-7(11)3-2-4-8(9)18(15,16)14-10/h2-4H,5-6H2,1H3,(H2,12,13,14). The van der Waals surface area contributed by atoms with Gasteiger partial charge in [0, 0.05) is 17.2 Å². The maximum atomic E-state index is 12.0. The normalized spacial score (nSPS) is 16.4. The van der Waals surface area contributed by atoms with Gasteiger partial charge in [-0.1, -0.05) is 6.07 Å². The number of benzene rings is 1. The van der Waals surface area contributed by atoms with E-state index in [0.717, 1.165) is 3.57 Å². The molecule has 0 aromatic heterocycles. The number of nitrogens with one attached hydrogen (secondary N) is 2. The largest absolute Gasteiger partial charge is 0.383 e. The Morgan fingerprint density at radius 1 is 1.50 bits per heavy atom. The molecule has 0 bridgehead atoms. The van der Waals surface area contributed by atoms with Crippen molar-refractivity contribution in [2.24, 2.45) is 4.40 Å². The summed E-state index contributed by atoms with van der Waals surface area (Å²) in [5.74, 6) is 0.226. The second kappa shape index (κ2) is 5.41. The molecular formula is C10H12IN3O3S. The van der Waals surface area contributed by atoms with Crippen LogP contribution in [-0.4, -0.2) is 34.6 Å². The predicted octanol–water partition coefficient (Wildman–Crippen LogP) is 0.997. The van der Waals surface area contributed by atoms with E-state index in [1.807, 2.05) is 6.07 Å². The van der Waals surface area contributed by atoms with Crippen LogP contribution < -0.4 is 10.6 Å². The minimum atomic E-state index is -3.63. The fourth-order valence-corrected chi connectivity index (χ4v) is 3.43. The van der Waals surface area contributed by atoms with Crippen LogP contribution in [-0.2, 0) is 14.8 Å². The molecule has 0 amide bonds. The molecule has 1 aliphatic rings. The molecule has 98 valence electrons. The van der Waals surface area contributed by atoms with Gasteiger partial charge in [-0.05, 0) is 34.7 Å². The van der Waals surface area contributed by atoms with Crippen LogP contribution in [0, 0.1) is 3.57 Å². The lowest BCUT2D eigenvalue weighted by Gasteiger charge is -2.19. The van der Waals surface area contributed by atoms with Gasteiger partial charge in [0.15, 0.2) is 0 Å². The Hall–Kier alpha value is -0.870. The Labute approximate surface area is 119 Å². The van der Waals surface area contributed by atoms with Crippen molar-refractivity contribution in [2.45, 2.75) is 4.90 Å². The van der Waals surface area contributed by atoms with Crippen molar-refractivity contribution in [3.05, 3.63) is 21.8 Å². The third kappa shape index (κ3) is 2.75. The summed E-state index contributed by atoms with van der Waals surface area (Å²) < 4.78 is 33.3. The summed E-state index contributed by atoms with van der Waals surface area (Å²) in [5, 5.41) is 5.85. The zero-order valence-corrected chi connectivity index (χ0v) is 12.6. The first kappa shape index (κ1) is 13.6. The molecule has 8 heteroatoms. The minimum absolute atomic E-state index is 0.201. The zero-order chi connectivity index (χ0) is 13.2. The number of para-hydroxylation sites is 1. The first-order chi connectivity index (χ1) is 8.54. The molecule has 1 heterocycles. The van der Waals surface area contributed by atoms with Crippen LogP contribution in [0.25, 0.3) is 0 Å². The van der Waals surface area contributed by atoms with E-state index >= 15 is 0 Å². The highest BCUT2D eigenvalue weighted by atomic mass is 127. The van der Waals surface area contributed by atoms with Crippen LogP contribution in [0.4, 0.5) is 5.69 Å². The average Bonchev–Trinajstić information content (AvgIpc) is 2.30. The van der Waals surface area contributed by atoms with Crippen LogP contribution in [0.15, 0.2) is 27.5 Å². The average molecular weight is 381 g/mol. The van der Waals surface area contributed by atoms with Gasteiger partial charge in [0.25, 0.3) is 10.0 Å². The number of rotatable bonds is 3. The van der Waals surface area contributed by atoms with Gasteiger partial charge in [-0.3, -0.25) is 0 Å². The van der Waals surface area contributed by atoms with E-state index in [4.69, 9.17) is 4.74 Å². The van der Waals surface area contributed by atoms with E-state index in [1.54, 1.807) is 13.2 Å². The van der Waals surface area contributed by atoms with Gasteiger partial charge in [-0.25, -0.2) is 0 Å². The Morgan fingerprint density at radius 2 is 2.28 bits per heavy atom. The molecule has 1 aromatic carbocycles. The Kier molecular flexibility index (Phi) is 4.07. The molecule has 0 aliphatic carbocycles. The van der Waals surface area contributed by atoms with Crippen molar-refractivity contribution in [1.29, 1.82) is 0 Å². The predicted molar refractivity (Wildman–Crippen MR) is 77.3 cm³/mol. The number of anilines is 1. The van der Waals surface area contributed by atoms with Gasteiger partial charge >= 0.3 is 0 Å². The van der Waals surface area contributed by atoms with Gasteiger partial charge < -0.3 is 15.4 Å². The number of fused-ring (bicyclic) bond motifs is 1. The van der Waals surface area contributed by atoms with E-state index in [0.29, 0.717) is 18.8 Å². The first-order valence-corrected chi connectivity index (χ1v) is 7.70. The highest BCUT2D eigenvalue weighted by Gasteiger charge is 2.25. The quantitative estimate of drug-likeness (QED) is 0.603. The van der Waals surface area contributed by atoms with E-state index in [9.17, 15) is 8.42 Å². The van der Waals surface area contributed by atoms with Crippen LogP contribution in [0.2, 0.25) is 0 Å². The molecule has 6 nitrogen and oxygen atoms in total. The molecule has 0 unspecified atom stereocenters. The SMILES string of the molecule is COCCNC1=NS(=O)(=O)c2cccc(I)c2N1. The Balaban J connectivity index is 2.31. The van der Waals surface area contributed by atoms with Crippen molar-refractivity contribution in [1.82, 2.24) is 5.32 Å². The van der Waals surface area contributed by atoms with Crippen molar-refractivity contribution < 1.29 is 13.2 Å². The lowest BCUT2D eigenvalue weighted by Crippen LogP contribution is -2.36. The zero-order valence-electron chi connectivity index (χ0n) is 9.60. The monoisotopic (exact) mass is 381 g/mol. The number of ether oxygens (including phenoxy) is 1. The van der Waals surface area contributed by atoms with Gasteiger partial charge in [0.05, 0.1) is 12.3 Å². The van der Waals surface area contributed by atoms with Crippen LogP contribution in [0.3, 0.4) is 0 Å². The van der Waals surface area contributed by atoms with Gasteiger partial charge in [-0.15, -0.1) is 4.40 Å². The summed E-state index contributed by atoms with van der Waals surface area (Å²) in [6, 6.07) is 5.06. The van der Waals surface area contributed by atoms with Crippen molar-refractivity contribution >= 4 is 44.3 Å². The smallest absolute Gasteiger partial charge is 0.287 e. The first-order valence-electron chi connectivity index (χ1n) is 5.18. The molecule has 1 aromatic rings. The minimum Gasteiger partial charge on any atom is -0.383 e. The number of sulfonamides is 1. The second-order valence-corrected chi connectivity index (χ2v) is 6.31. The summed E-state index contributed by atoms with van der Waals surface area (Å²) in [4.78, 5) is 0.201. The van der Waals surface area contributed by atoms with Gasteiger partial charge in [-0.2, -0.15) is 8.42 Å². The topological polar surface area (TPSA) is 79.8 Å².